The monoisotopic (exact) mass is 454 g/mol. The highest BCUT2D eigenvalue weighted by Crippen LogP contribution is 2.30. The van der Waals surface area contributed by atoms with Crippen molar-refractivity contribution in [3.05, 3.63) is 71.1 Å². The molecule has 33 heavy (non-hydrogen) atoms. The van der Waals surface area contributed by atoms with Crippen molar-refractivity contribution in [1.29, 1.82) is 0 Å². The summed E-state index contributed by atoms with van der Waals surface area (Å²) in [6.07, 6.45) is 1.36. The first-order valence-corrected chi connectivity index (χ1v) is 10.6. The Kier molecular flexibility index (Phi) is 5.88. The van der Waals surface area contributed by atoms with Gasteiger partial charge in [-0.05, 0) is 70.4 Å². The van der Waals surface area contributed by atoms with E-state index in [2.05, 4.69) is 15.7 Å². The van der Waals surface area contributed by atoms with Gasteiger partial charge in [0.2, 0.25) is 0 Å². The number of para-hydroxylation sites is 1. The number of aromatic nitrogens is 2. The zero-order valence-electron chi connectivity index (χ0n) is 18.5. The molecule has 1 heterocycles. The fraction of sp³-hybridized carbons (Fsp3) is 0.292. The van der Waals surface area contributed by atoms with E-state index in [0.29, 0.717) is 12.8 Å². The highest BCUT2D eigenvalue weighted by Gasteiger charge is 2.28. The van der Waals surface area contributed by atoms with Gasteiger partial charge in [-0.1, -0.05) is 12.1 Å². The zero-order chi connectivity index (χ0) is 23.8. The van der Waals surface area contributed by atoms with E-state index in [4.69, 9.17) is 4.74 Å². The van der Waals surface area contributed by atoms with Crippen LogP contribution in [0.25, 0.3) is 5.69 Å². The van der Waals surface area contributed by atoms with Gasteiger partial charge in [0.1, 0.15) is 22.9 Å². The van der Waals surface area contributed by atoms with Crippen LogP contribution >= 0.6 is 0 Å². The van der Waals surface area contributed by atoms with Crippen molar-refractivity contribution in [3.8, 4) is 5.69 Å². The van der Waals surface area contributed by atoms with Crippen molar-refractivity contribution in [2.45, 2.75) is 45.6 Å². The summed E-state index contributed by atoms with van der Waals surface area (Å²) in [5.74, 6) is -1.63. The molecule has 1 aromatic heterocycles. The van der Waals surface area contributed by atoms with E-state index in [1.807, 2.05) is 0 Å². The number of benzene rings is 2. The van der Waals surface area contributed by atoms with Gasteiger partial charge in [0.25, 0.3) is 5.91 Å². The minimum Gasteiger partial charge on any atom is -0.444 e. The van der Waals surface area contributed by atoms with Crippen molar-refractivity contribution < 1.29 is 23.1 Å². The topological polar surface area (TPSA) is 85.2 Å². The Morgan fingerprint density at radius 3 is 2.52 bits per heavy atom. The number of hydrogen-bond donors (Lipinski definition) is 2. The molecule has 9 heteroatoms. The van der Waals surface area contributed by atoms with Crippen molar-refractivity contribution >= 4 is 23.4 Å². The summed E-state index contributed by atoms with van der Waals surface area (Å²) < 4.78 is 35.0. The van der Waals surface area contributed by atoms with Gasteiger partial charge in [-0.3, -0.25) is 10.1 Å². The molecule has 0 fully saturated rings. The minimum atomic E-state index is -0.741. The fourth-order valence-electron chi connectivity index (χ4n) is 3.77. The summed E-state index contributed by atoms with van der Waals surface area (Å²) in [7, 11) is 0. The highest BCUT2D eigenvalue weighted by atomic mass is 19.1. The van der Waals surface area contributed by atoms with Crippen LogP contribution in [0.5, 0.6) is 0 Å². The van der Waals surface area contributed by atoms with Gasteiger partial charge < -0.3 is 10.1 Å². The second-order valence-corrected chi connectivity index (χ2v) is 8.76. The Labute approximate surface area is 189 Å². The number of anilines is 2. The van der Waals surface area contributed by atoms with Crippen molar-refractivity contribution in [2.24, 2.45) is 0 Å². The summed E-state index contributed by atoms with van der Waals surface area (Å²) >= 11 is 0. The van der Waals surface area contributed by atoms with Gasteiger partial charge in [-0.15, -0.1) is 0 Å². The molecule has 0 bridgehead atoms. The van der Waals surface area contributed by atoms with E-state index in [9.17, 15) is 18.4 Å². The number of nitrogens with one attached hydrogen (secondary N) is 2. The van der Waals surface area contributed by atoms with Crippen LogP contribution in [0.3, 0.4) is 0 Å². The summed E-state index contributed by atoms with van der Waals surface area (Å²) in [5.41, 5.74) is 1.40. The molecule has 4 rings (SSSR count). The number of amides is 2. The Hall–Kier alpha value is -3.75. The van der Waals surface area contributed by atoms with Crippen LogP contribution in [0, 0.1) is 11.6 Å². The molecule has 3 aromatic rings. The molecular weight excluding hydrogens is 430 g/mol. The van der Waals surface area contributed by atoms with E-state index in [1.165, 1.54) is 16.8 Å². The zero-order valence-corrected chi connectivity index (χ0v) is 18.5. The first-order valence-electron chi connectivity index (χ1n) is 10.6. The third-order valence-electron chi connectivity index (χ3n) is 5.09. The van der Waals surface area contributed by atoms with Crippen LogP contribution in [0.1, 0.15) is 48.9 Å². The quantitative estimate of drug-likeness (QED) is 0.565. The molecule has 7 nitrogen and oxygen atoms in total. The van der Waals surface area contributed by atoms with Crippen LogP contribution in [0.4, 0.5) is 25.0 Å². The average molecular weight is 454 g/mol. The lowest BCUT2D eigenvalue weighted by atomic mass is 10.2. The molecule has 0 atom stereocenters. The number of fused-ring (bicyclic) bond motifs is 1. The smallest absolute Gasteiger partial charge is 0.412 e. The fourth-order valence-corrected chi connectivity index (χ4v) is 3.77. The van der Waals surface area contributed by atoms with Gasteiger partial charge in [0.05, 0.1) is 11.4 Å². The summed E-state index contributed by atoms with van der Waals surface area (Å²) in [6.45, 7) is 5.14. The van der Waals surface area contributed by atoms with Gasteiger partial charge >= 0.3 is 6.09 Å². The lowest BCUT2D eigenvalue weighted by Crippen LogP contribution is -2.27. The molecule has 0 saturated carbocycles. The van der Waals surface area contributed by atoms with Crippen LogP contribution < -0.4 is 10.6 Å². The third-order valence-corrected chi connectivity index (χ3v) is 5.09. The molecular formula is C24H24F2N4O3. The molecule has 0 unspecified atom stereocenters. The van der Waals surface area contributed by atoms with Crippen LogP contribution in [-0.2, 0) is 17.6 Å². The first-order chi connectivity index (χ1) is 15.6. The van der Waals surface area contributed by atoms with E-state index in [1.54, 1.807) is 39.0 Å². The third kappa shape index (κ3) is 4.87. The first kappa shape index (κ1) is 22.4. The minimum absolute atomic E-state index is 0.0537. The second kappa shape index (κ2) is 8.65. The van der Waals surface area contributed by atoms with E-state index in [-0.39, 0.29) is 22.8 Å². The predicted octanol–water partition coefficient (Wildman–Crippen LogP) is 5.24. The van der Waals surface area contributed by atoms with Crippen molar-refractivity contribution in [2.75, 3.05) is 10.6 Å². The molecule has 1 aliphatic carbocycles. The van der Waals surface area contributed by atoms with E-state index >= 15 is 0 Å². The standard InChI is InChI=1S/C24H24F2N4O3/c1-24(2,3)33-23(32)28-17-12-11-14(25)13-18(17)27-22(31)21-15-7-6-10-19(15)30(29-21)20-9-5-4-8-16(20)26/h4-5,8-9,11-13H,6-7,10H2,1-3H3,(H,27,31)(H,28,32). The lowest BCUT2D eigenvalue weighted by Gasteiger charge is -2.20. The maximum Gasteiger partial charge on any atom is 0.412 e. The molecule has 2 aromatic carbocycles. The number of carbonyl (C=O) groups is 2. The van der Waals surface area contributed by atoms with Gasteiger partial charge in [-0.2, -0.15) is 5.10 Å². The molecule has 2 N–H and O–H groups in total. The molecule has 0 aliphatic heterocycles. The molecule has 0 radical (unpaired) electrons. The molecule has 2 amide bonds. The summed E-state index contributed by atoms with van der Waals surface area (Å²) in [4.78, 5) is 25.3. The predicted molar refractivity (Wildman–Crippen MR) is 120 cm³/mol. The van der Waals surface area contributed by atoms with Gasteiger partial charge in [0, 0.05) is 11.3 Å². The van der Waals surface area contributed by atoms with E-state index < -0.39 is 29.2 Å². The number of hydrogen-bond acceptors (Lipinski definition) is 4. The lowest BCUT2D eigenvalue weighted by molar-refractivity contribution is 0.0635. The Balaban J connectivity index is 1.64. The van der Waals surface area contributed by atoms with Crippen LogP contribution in [0.2, 0.25) is 0 Å². The number of halogens is 2. The average Bonchev–Trinajstić information content (AvgIpc) is 3.32. The normalized spacial score (nSPS) is 12.9. The Morgan fingerprint density at radius 2 is 1.79 bits per heavy atom. The highest BCUT2D eigenvalue weighted by molar-refractivity contribution is 6.06. The van der Waals surface area contributed by atoms with Crippen molar-refractivity contribution in [1.82, 2.24) is 9.78 Å². The maximum absolute atomic E-state index is 14.4. The van der Waals surface area contributed by atoms with Crippen LogP contribution in [0.15, 0.2) is 42.5 Å². The molecule has 1 aliphatic rings. The maximum atomic E-state index is 14.4. The number of nitrogens with zero attached hydrogens (tertiary/aromatic N) is 2. The van der Waals surface area contributed by atoms with Gasteiger partial charge in [-0.25, -0.2) is 18.3 Å². The van der Waals surface area contributed by atoms with Crippen molar-refractivity contribution in [3.63, 3.8) is 0 Å². The summed E-state index contributed by atoms with van der Waals surface area (Å²) in [5, 5.41) is 9.53. The Morgan fingerprint density at radius 1 is 1.03 bits per heavy atom. The van der Waals surface area contributed by atoms with E-state index in [0.717, 1.165) is 29.8 Å². The number of ether oxygens (including phenoxy) is 1. The Bertz CT molecular complexity index is 1230. The number of rotatable bonds is 4. The molecule has 172 valence electrons. The molecule has 0 saturated heterocycles. The summed E-state index contributed by atoms with van der Waals surface area (Å²) in [6, 6.07) is 9.79. The number of carbonyl (C=O) groups excluding carboxylic acids is 2. The molecule has 0 spiro atoms. The SMILES string of the molecule is CC(C)(C)OC(=O)Nc1ccc(F)cc1NC(=O)c1nn(-c2ccccc2F)c2c1CCC2. The second-order valence-electron chi connectivity index (χ2n) is 8.76. The van der Waals surface area contributed by atoms with Crippen LogP contribution in [-0.4, -0.2) is 27.4 Å². The van der Waals surface area contributed by atoms with Gasteiger partial charge in [0.15, 0.2) is 5.69 Å². The largest absolute Gasteiger partial charge is 0.444 e.